The first kappa shape index (κ1) is 16.0. The monoisotopic (exact) mass is 307 g/mol. The van der Waals surface area contributed by atoms with E-state index in [1.54, 1.807) is 0 Å². The molecule has 0 amide bonds. The van der Waals surface area contributed by atoms with Crippen LogP contribution in [0.3, 0.4) is 0 Å². The molecule has 0 aliphatic carbocycles. The average Bonchev–Trinajstić information content (AvgIpc) is 2.50. The zero-order valence-corrected chi connectivity index (χ0v) is 13.3. The van der Waals surface area contributed by atoms with E-state index in [0.29, 0.717) is 6.54 Å². The molecule has 0 aliphatic heterocycles. The molecule has 0 bridgehead atoms. The Labute approximate surface area is 130 Å². The van der Waals surface area contributed by atoms with Crippen LogP contribution in [-0.2, 0) is 0 Å². The lowest BCUT2D eigenvalue weighted by molar-refractivity contribution is 0.206. The molecule has 0 atom stereocenters. The highest BCUT2D eigenvalue weighted by Gasteiger charge is 2.05. The molecule has 1 heterocycles. The average molecular weight is 308 g/mol. The van der Waals surface area contributed by atoms with Crippen molar-refractivity contribution in [1.29, 1.82) is 0 Å². The minimum Gasteiger partial charge on any atom is -0.395 e. The number of fused-ring (bicyclic) bond motifs is 1. The van der Waals surface area contributed by atoms with Crippen LogP contribution >= 0.6 is 11.6 Å². The van der Waals surface area contributed by atoms with Gasteiger partial charge < -0.3 is 10.4 Å². The summed E-state index contributed by atoms with van der Waals surface area (Å²) < 4.78 is 0. The minimum absolute atomic E-state index is 0.194. The van der Waals surface area contributed by atoms with E-state index in [2.05, 4.69) is 28.2 Å². The molecule has 0 saturated carbocycles. The van der Waals surface area contributed by atoms with E-state index in [-0.39, 0.29) is 6.61 Å². The van der Waals surface area contributed by atoms with Crippen LogP contribution in [0.5, 0.6) is 0 Å². The van der Waals surface area contributed by atoms with Gasteiger partial charge in [-0.1, -0.05) is 24.6 Å². The van der Waals surface area contributed by atoms with Crippen molar-refractivity contribution in [2.45, 2.75) is 13.8 Å². The molecular formula is C16H22ClN3O. The van der Waals surface area contributed by atoms with Crippen molar-refractivity contribution in [1.82, 2.24) is 9.88 Å². The number of pyridine rings is 1. The van der Waals surface area contributed by atoms with Crippen molar-refractivity contribution in [3.05, 3.63) is 34.9 Å². The van der Waals surface area contributed by atoms with Gasteiger partial charge in [-0.3, -0.25) is 4.90 Å². The SMILES string of the molecule is CCN(CCO)CCNc1ccc2ccc(Cl)c(C)c2n1. The fraction of sp³-hybridized carbons (Fsp3) is 0.438. The molecule has 21 heavy (non-hydrogen) atoms. The molecule has 4 nitrogen and oxygen atoms in total. The third-order valence-corrected chi connectivity index (χ3v) is 4.06. The number of anilines is 1. The zero-order valence-electron chi connectivity index (χ0n) is 12.6. The third-order valence-electron chi connectivity index (χ3n) is 3.65. The summed E-state index contributed by atoms with van der Waals surface area (Å²) >= 11 is 6.15. The number of likely N-dealkylation sites (N-methyl/N-ethyl adjacent to an activating group) is 1. The predicted molar refractivity (Wildman–Crippen MR) is 89.2 cm³/mol. The maximum atomic E-state index is 8.97. The number of aromatic nitrogens is 1. The number of benzene rings is 1. The van der Waals surface area contributed by atoms with Crippen LogP contribution in [0.2, 0.25) is 5.02 Å². The van der Waals surface area contributed by atoms with E-state index < -0.39 is 0 Å². The number of aryl methyl sites for hydroxylation is 1. The molecule has 114 valence electrons. The van der Waals surface area contributed by atoms with E-state index in [4.69, 9.17) is 16.7 Å². The van der Waals surface area contributed by atoms with Gasteiger partial charge in [0.2, 0.25) is 0 Å². The van der Waals surface area contributed by atoms with Crippen LogP contribution in [0, 0.1) is 6.92 Å². The van der Waals surface area contributed by atoms with Crippen molar-refractivity contribution in [3.8, 4) is 0 Å². The molecule has 1 aromatic heterocycles. The maximum Gasteiger partial charge on any atom is 0.126 e. The lowest BCUT2D eigenvalue weighted by Crippen LogP contribution is -2.31. The summed E-state index contributed by atoms with van der Waals surface area (Å²) in [7, 11) is 0. The first-order valence-electron chi connectivity index (χ1n) is 7.28. The zero-order chi connectivity index (χ0) is 15.2. The third kappa shape index (κ3) is 4.06. The van der Waals surface area contributed by atoms with E-state index in [1.165, 1.54) is 0 Å². The van der Waals surface area contributed by atoms with Gasteiger partial charge >= 0.3 is 0 Å². The highest BCUT2D eigenvalue weighted by Crippen LogP contribution is 2.24. The molecule has 2 aromatic rings. The van der Waals surface area contributed by atoms with Crippen LogP contribution < -0.4 is 5.32 Å². The van der Waals surface area contributed by atoms with Gasteiger partial charge in [0, 0.05) is 30.0 Å². The second kappa shape index (κ2) is 7.59. The van der Waals surface area contributed by atoms with Crippen LogP contribution in [0.1, 0.15) is 12.5 Å². The first-order chi connectivity index (χ1) is 10.2. The quantitative estimate of drug-likeness (QED) is 0.826. The van der Waals surface area contributed by atoms with E-state index in [9.17, 15) is 0 Å². The van der Waals surface area contributed by atoms with Crippen LogP contribution in [0.4, 0.5) is 5.82 Å². The summed E-state index contributed by atoms with van der Waals surface area (Å²) in [6.07, 6.45) is 0. The molecule has 0 radical (unpaired) electrons. The van der Waals surface area contributed by atoms with Crippen LogP contribution in [0.15, 0.2) is 24.3 Å². The molecule has 1 aromatic carbocycles. The van der Waals surface area contributed by atoms with Crippen molar-refractivity contribution >= 4 is 28.3 Å². The molecule has 2 N–H and O–H groups in total. The van der Waals surface area contributed by atoms with Gasteiger partial charge in [-0.05, 0) is 37.2 Å². The number of hydrogen-bond acceptors (Lipinski definition) is 4. The Morgan fingerprint density at radius 3 is 2.71 bits per heavy atom. The fourth-order valence-electron chi connectivity index (χ4n) is 2.32. The second-order valence-corrected chi connectivity index (χ2v) is 5.43. The highest BCUT2D eigenvalue weighted by atomic mass is 35.5. The van der Waals surface area contributed by atoms with Gasteiger partial charge in [-0.2, -0.15) is 0 Å². The summed E-state index contributed by atoms with van der Waals surface area (Å²) in [5, 5.41) is 14.1. The molecule has 0 spiro atoms. The molecule has 0 fully saturated rings. The lowest BCUT2D eigenvalue weighted by atomic mass is 10.1. The van der Waals surface area contributed by atoms with Crippen molar-refractivity contribution in [2.75, 3.05) is 38.1 Å². The Bertz CT molecular complexity index is 603. The molecule has 0 saturated heterocycles. The van der Waals surface area contributed by atoms with Gasteiger partial charge in [0.25, 0.3) is 0 Å². The Morgan fingerprint density at radius 1 is 1.24 bits per heavy atom. The van der Waals surface area contributed by atoms with Crippen LogP contribution in [-0.4, -0.2) is 47.8 Å². The van der Waals surface area contributed by atoms with Gasteiger partial charge in [0.05, 0.1) is 12.1 Å². The predicted octanol–water partition coefficient (Wildman–Crippen LogP) is 2.92. The van der Waals surface area contributed by atoms with Gasteiger partial charge in [-0.15, -0.1) is 0 Å². The van der Waals surface area contributed by atoms with E-state index in [1.807, 2.05) is 25.1 Å². The van der Waals surface area contributed by atoms with Gasteiger partial charge in [0.1, 0.15) is 5.82 Å². The smallest absolute Gasteiger partial charge is 0.126 e. The summed E-state index contributed by atoms with van der Waals surface area (Å²) in [6, 6.07) is 7.93. The summed E-state index contributed by atoms with van der Waals surface area (Å²) in [4.78, 5) is 6.83. The fourth-order valence-corrected chi connectivity index (χ4v) is 2.47. The van der Waals surface area contributed by atoms with Crippen LogP contribution in [0.25, 0.3) is 10.9 Å². The summed E-state index contributed by atoms with van der Waals surface area (Å²) in [6.45, 7) is 7.59. The highest BCUT2D eigenvalue weighted by molar-refractivity contribution is 6.32. The molecular weight excluding hydrogens is 286 g/mol. The van der Waals surface area contributed by atoms with Gasteiger partial charge in [0.15, 0.2) is 0 Å². The largest absolute Gasteiger partial charge is 0.395 e. The molecule has 5 heteroatoms. The number of nitrogens with one attached hydrogen (secondary N) is 1. The number of rotatable bonds is 7. The maximum absolute atomic E-state index is 8.97. The lowest BCUT2D eigenvalue weighted by Gasteiger charge is -2.19. The topological polar surface area (TPSA) is 48.4 Å². The van der Waals surface area contributed by atoms with E-state index in [0.717, 1.165) is 46.9 Å². The molecule has 0 unspecified atom stereocenters. The van der Waals surface area contributed by atoms with Crippen molar-refractivity contribution in [3.63, 3.8) is 0 Å². The standard InChI is InChI=1S/C16H22ClN3O/c1-3-20(10-11-21)9-8-18-15-7-5-13-4-6-14(17)12(2)16(13)19-15/h4-7,21H,3,8-11H2,1-2H3,(H,18,19). The Hall–Kier alpha value is -1.36. The number of hydrogen-bond donors (Lipinski definition) is 2. The summed E-state index contributed by atoms with van der Waals surface area (Å²) in [5.41, 5.74) is 1.95. The summed E-state index contributed by atoms with van der Waals surface area (Å²) in [5.74, 6) is 0.855. The second-order valence-electron chi connectivity index (χ2n) is 5.03. The Balaban J connectivity index is 2.04. The number of nitrogens with zero attached hydrogens (tertiary/aromatic N) is 2. The Kier molecular flexibility index (Phi) is 5.79. The first-order valence-corrected chi connectivity index (χ1v) is 7.66. The van der Waals surface area contributed by atoms with Crippen molar-refractivity contribution < 1.29 is 5.11 Å². The van der Waals surface area contributed by atoms with Crippen molar-refractivity contribution in [2.24, 2.45) is 0 Å². The molecule has 0 aliphatic rings. The Morgan fingerprint density at radius 2 is 2.00 bits per heavy atom. The minimum atomic E-state index is 0.194. The number of halogens is 1. The number of aliphatic hydroxyl groups is 1. The van der Waals surface area contributed by atoms with Gasteiger partial charge in [-0.25, -0.2) is 4.98 Å². The molecule has 2 rings (SSSR count). The normalized spacial score (nSPS) is 11.3. The van der Waals surface area contributed by atoms with E-state index >= 15 is 0 Å². The number of aliphatic hydroxyl groups excluding tert-OH is 1.